The molecule has 0 aliphatic carbocycles. The first kappa shape index (κ1) is 14.0. The summed E-state index contributed by atoms with van der Waals surface area (Å²) in [6.07, 6.45) is 1.75. The molecular weight excluding hydrogens is 254 g/mol. The molecule has 0 saturated carbocycles. The van der Waals surface area contributed by atoms with E-state index in [1.807, 2.05) is 45.2 Å². The van der Waals surface area contributed by atoms with Crippen molar-refractivity contribution < 1.29 is 4.79 Å². The number of nitrogens with one attached hydrogen (secondary N) is 2. The van der Waals surface area contributed by atoms with Crippen molar-refractivity contribution in [3.05, 3.63) is 36.2 Å². The maximum atomic E-state index is 11.5. The molecule has 2 aromatic rings. The fourth-order valence-corrected chi connectivity index (χ4v) is 1.85. The number of carbonyl (C=O) groups is 1. The number of aromatic nitrogens is 3. The molecule has 0 unspecified atom stereocenters. The predicted octanol–water partition coefficient (Wildman–Crippen LogP) is 1.69. The van der Waals surface area contributed by atoms with Crippen molar-refractivity contribution in [3.8, 4) is 11.4 Å². The summed E-state index contributed by atoms with van der Waals surface area (Å²) in [4.78, 5) is 15.8. The van der Waals surface area contributed by atoms with Crippen molar-refractivity contribution in [1.29, 1.82) is 0 Å². The molecule has 2 amide bonds. The Morgan fingerprint density at radius 2 is 2.20 bits per heavy atom. The smallest absolute Gasteiger partial charge is 0.315 e. The van der Waals surface area contributed by atoms with E-state index in [4.69, 9.17) is 0 Å². The summed E-state index contributed by atoms with van der Waals surface area (Å²) in [7, 11) is 1.86. The number of hydrogen-bond donors (Lipinski definition) is 2. The number of hydrogen-bond acceptors (Lipinski definition) is 3. The van der Waals surface area contributed by atoms with Crippen molar-refractivity contribution >= 4 is 6.03 Å². The zero-order valence-corrected chi connectivity index (χ0v) is 11.9. The van der Waals surface area contributed by atoms with Gasteiger partial charge in [0.25, 0.3) is 0 Å². The molecule has 0 aliphatic heterocycles. The van der Waals surface area contributed by atoms with Crippen LogP contribution < -0.4 is 10.6 Å². The first-order chi connectivity index (χ1) is 9.56. The summed E-state index contributed by atoms with van der Waals surface area (Å²) >= 11 is 0. The summed E-state index contributed by atoms with van der Waals surface area (Å²) in [5.74, 6) is 0. The van der Waals surface area contributed by atoms with E-state index in [0.29, 0.717) is 6.54 Å². The topological polar surface area (TPSA) is 71.8 Å². The van der Waals surface area contributed by atoms with E-state index >= 15 is 0 Å². The second-order valence-corrected chi connectivity index (χ2v) is 4.84. The minimum atomic E-state index is -0.190. The lowest BCUT2D eigenvalue weighted by molar-refractivity contribution is 0.238. The summed E-state index contributed by atoms with van der Waals surface area (Å²) in [5.41, 5.74) is 2.58. The molecule has 106 valence electrons. The van der Waals surface area contributed by atoms with E-state index in [-0.39, 0.29) is 12.1 Å². The maximum absolute atomic E-state index is 11.5. The second-order valence-electron chi connectivity index (χ2n) is 4.84. The number of aryl methyl sites for hydroxylation is 1. The van der Waals surface area contributed by atoms with Crippen molar-refractivity contribution in [1.82, 2.24) is 25.4 Å². The third-order valence-electron chi connectivity index (χ3n) is 2.71. The Morgan fingerprint density at radius 3 is 2.85 bits per heavy atom. The van der Waals surface area contributed by atoms with Crippen molar-refractivity contribution in [2.45, 2.75) is 26.4 Å². The molecule has 0 fully saturated rings. The zero-order valence-electron chi connectivity index (χ0n) is 11.9. The van der Waals surface area contributed by atoms with Gasteiger partial charge in [-0.05, 0) is 32.0 Å². The van der Waals surface area contributed by atoms with Crippen LogP contribution in [0.1, 0.15) is 19.5 Å². The molecule has 2 rings (SSSR count). The van der Waals surface area contributed by atoms with Crippen molar-refractivity contribution in [2.24, 2.45) is 7.05 Å². The van der Waals surface area contributed by atoms with Gasteiger partial charge >= 0.3 is 6.03 Å². The van der Waals surface area contributed by atoms with E-state index < -0.39 is 0 Å². The fourth-order valence-electron chi connectivity index (χ4n) is 1.85. The average molecular weight is 273 g/mol. The molecule has 6 nitrogen and oxygen atoms in total. The molecule has 0 atom stereocenters. The monoisotopic (exact) mass is 273 g/mol. The quantitative estimate of drug-likeness (QED) is 0.890. The lowest BCUT2D eigenvalue weighted by Gasteiger charge is -2.08. The number of pyridine rings is 1. The van der Waals surface area contributed by atoms with Crippen LogP contribution in [0.15, 0.2) is 30.5 Å². The number of nitrogens with zero attached hydrogens (tertiary/aromatic N) is 3. The first-order valence-corrected chi connectivity index (χ1v) is 6.55. The summed E-state index contributed by atoms with van der Waals surface area (Å²) < 4.78 is 1.76. The molecule has 0 radical (unpaired) electrons. The van der Waals surface area contributed by atoms with Gasteiger partial charge in [-0.15, -0.1) is 0 Å². The third kappa shape index (κ3) is 3.57. The largest absolute Gasteiger partial charge is 0.336 e. The van der Waals surface area contributed by atoms with Gasteiger partial charge < -0.3 is 10.6 Å². The molecule has 0 saturated heterocycles. The van der Waals surface area contributed by atoms with Gasteiger partial charge in [0.2, 0.25) is 0 Å². The van der Waals surface area contributed by atoms with Crippen LogP contribution in [0.25, 0.3) is 11.4 Å². The number of amides is 2. The van der Waals surface area contributed by atoms with E-state index in [0.717, 1.165) is 17.1 Å². The van der Waals surface area contributed by atoms with Crippen LogP contribution in [0, 0.1) is 0 Å². The van der Waals surface area contributed by atoms with Crippen molar-refractivity contribution in [2.75, 3.05) is 0 Å². The minimum absolute atomic E-state index is 0.114. The Labute approximate surface area is 118 Å². The number of rotatable bonds is 4. The van der Waals surface area contributed by atoms with Crippen LogP contribution in [-0.4, -0.2) is 26.8 Å². The molecule has 6 heteroatoms. The fraction of sp³-hybridized carbons (Fsp3) is 0.357. The molecule has 0 aromatic carbocycles. The Bertz CT molecular complexity index is 577. The van der Waals surface area contributed by atoms with Crippen LogP contribution in [0.2, 0.25) is 0 Å². The van der Waals surface area contributed by atoms with Crippen LogP contribution in [-0.2, 0) is 13.6 Å². The van der Waals surface area contributed by atoms with Gasteiger partial charge in [-0.1, -0.05) is 6.07 Å². The lowest BCUT2D eigenvalue weighted by Crippen LogP contribution is -2.39. The van der Waals surface area contributed by atoms with E-state index in [9.17, 15) is 4.79 Å². The molecule has 20 heavy (non-hydrogen) atoms. The SMILES string of the molecule is CC(C)NC(=O)NCc1cc(-c2ccccn2)n(C)n1. The predicted molar refractivity (Wildman–Crippen MR) is 76.9 cm³/mol. The van der Waals surface area contributed by atoms with E-state index in [2.05, 4.69) is 20.7 Å². The van der Waals surface area contributed by atoms with Gasteiger partial charge in [0, 0.05) is 19.3 Å². The van der Waals surface area contributed by atoms with Crippen LogP contribution in [0.5, 0.6) is 0 Å². The maximum Gasteiger partial charge on any atom is 0.315 e. The van der Waals surface area contributed by atoms with Crippen LogP contribution >= 0.6 is 0 Å². The molecule has 2 aromatic heterocycles. The Kier molecular flexibility index (Phi) is 4.34. The standard InChI is InChI=1S/C14H19N5O/c1-10(2)17-14(20)16-9-11-8-13(19(3)18-11)12-6-4-5-7-15-12/h4-8,10H,9H2,1-3H3,(H2,16,17,20). The normalized spacial score (nSPS) is 10.6. The van der Waals surface area contributed by atoms with Gasteiger partial charge in [-0.25, -0.2) is 4.79 Å². The zero-order chi connectivity index (χ0) is 14.5. The minimum Gasteiger partial charge on any atom is -0.336 e. The highest BCUT2D eigenvalue weighted by atomic mass is 16.2. The second kappa shape index (κ2) is 6.18. The summed E-state index contributed by atoms with van der Waals surface area (Å²) in [6.45, 7) is 4.22. The van der Waals surface area contributed by atoms with Gasteiger partial charge in [-0.2, -0.15) is 5.10 Å². The highest BCUT2D eigenvalue weighted by Crippen LogP contribution is 2.16. The molecule has 0 spiro atoms. The van der Waals surface area contributed by atoms with Gasteiger partial charge in [-0.3, -0.25) is 9.67 Å². The van der Waals surface area contributed by atoms with Crippen LogP contribution in [0.4, 0.5) is 4.79 Å². The van der Waals surface area contributed by atoms with Gasteiger partial charge in [0.1, 0.15) is 0 Å². The molecule has 0 bridgehead atoms. The van der Waals surface area contributed by atoms with Crippen LogP contribution in [0.3, 0.4) is 0 Å². The highest BCUT2D eigenvalue weighted by molar-refractivity contribution is 5.74. The van der Waals surface area contributed by atoms with Crippen molar-refractivity contribution in [3.63, 3.8) is 0 Å². The highest BCUT2D eigenvalue weighted by Gasteiger charge is 2.09. The average Bonchev–Trinajstić information content (AvgIpc) is 2.78. The summed E-state index contributed by atoms with van der Waals surface area (Å²) in [5, 5.41) is 9.92. The Balaban J connectivity index is 2.03. The number of carbonyl (C=O) groups excluding carboxylic acids is 1. The summed E-state index contributed by atoms with van der Waals surface area (Å²) in [6, 6.07) is 7.59. The Morgan fingerprint density at radius 1 is 1.40 bits per heavy atom. The van der Waals surface area contributed by atoms with E-state index in [1.165, 1.54) is 0 Å². The third-order valence-corrected chi connectivity index (χ3v) is 2.71. The van der Waals surface area contributed by atoms with Gasteiger partial charge in [0.05, 0.1) is 23.6 Å². The van der Waals surface area contributed by atoms with E-state index in [1.54, 1.807) is 10.9 Å². The lowest BCUT2D eigenvalue weighted by atomic mass is 10.2. The molecular formula is C14H19N5O. The molecule has 2 heterocycles. The first-order valence-electron chi connectivity index (χ1n) is 6.55. The number of urea groups is 1. The molecule has 0 aliphatic rings. The Hall–Kier alpha value is -2.37. The van der Waals surface area contributed by atoms with Gasteiger partial charge in [0.15, 0.2) is 0 Å². The molecule has 2 N–H and O–H groups in total.